The largest absolute Gasteiger partial charge is 0.381 e. The van der Waals surface area contributed by atoms with Crippen LogP contribution < -0.4 is 10.6 Å². The molecular weight excluding hydrogens is 282 g/mol. The Hall–Kier alpha value is -1.20. The molecule has 0 aromatic heterocycles. The lowest BCUT2D eigenvalue weighted by Gasteiger charge is -2.11. The number of benzene rings is 1. The molecule has 0 unspecified atom stereocenters. The predicted molar refractivity (Wildman–Crippen MR) is 93.3 cm³/mol. The van der Waals surface area contributed by atoms with E-state index in [0.29, 0.717) is 0 Å². The van der Waals surface area contributed by atoms with Crippen LogP contribution in [0.5, 0.6) is 0 Å². The maximum atomic E-state index is 5.65. The smallest absolute Gasteiger partial charge is 0.191 e. The van der Waals surface area contributed by atoms with Gasteiger partial charge in [0, 0.05) is 32.5 Å². The molecule has 4 nitrogen and oxygen atoms in total. The van der Waals surface area contributed by atoms with E-state index in [0.717, 1.165) is 50.9 Å². The molecule has 0 heterocycles. The van der Waals surface area contributed by atoms with Crippen LogP contribution in [0.15, 0.2) is 35.3 Å². The molecule has 0 spiro atoms. The topological polar surface area (TPSA) is 45.7 Å². The molecule has 0 atom stereocenters. The maximum absolute atomic E-state index is 5.65. The van der Waals surface area contributed by atoms with Gasteiger partial charge in [0.05, 0.1) is 6.61 Å². The Morgan fingerprint density at radius 3 is 2.62 bits per heavy atom. The van der Waals surface area contributed by atoms with E-state index in [2.05, 4.69) is 46.1 Å². The standard InChI is InChI=1S/C16H27N3OS/c1-17-16(19-11-14-21-2)18-10-6-12-20-13-9-15-7-4-3-5-8-15/h3-5,7-8H,6,9-14H2,1-2H3,(H2,17,18,19). The second-order valence-corrected chi connectivity index (χ2v) is 5.61. The summed E-state index contributed by atoms with van der Waals surface area (Å²) in [5.74, 6) is 1.96. The summed E-state index contributed by atoms with van der Waals surface area (Å²) >= 11 is 1.82. The average molecular weight is 309 g/mol. The van der Waals surface area contributed by atoms with Crippen LogP contribution in [0.3, 0.4) is 0 Å². The lowest BCUT2D eigenvalue weighted by atomic mass is 10.2. The fourth-order valence-electron chi connectivity index (χ4n) is 1.81. The summed E-state index contributed by atoms with van der Waals surface area (Å²) in [4.78, 5) is 4.18. The minimum Gasteiger partial charge on any atom is -0.381 e. The van der Waals surface area contributed by atoms with Gasteiger partial charge in [0.15, 0.2) is 5.96 Å². The molecule has 0 radical (unpaired) electrons. The van der Waals surface area contributed by atoms with E-state index >= 15 is 0 Å². The number of nitrogens with zero attached hydrogens (tertiary/aromatic N) is 1. The van der Waals surface area contributed by atoms with Crippen LogP contribution in [0.4, 0.5) is 0 Å². The highest BCUT2D eigenvalue weighted by atomic mass is 32.2. The summed E-state index contributed by atoms with van der Waals surface area (Å²) in [6.07, 6.45) is 4.06. The first kappa shape index (κ1) is 17.9. The summed E-state index contributed by atoms with van der Waals surface area (Å²) in [6, 6.07) is 10.4. The molecule has 2 N–H and O–H groups in total. The Morgan fingerprint density at radius 2 is 1.90 bits per heavy atom. The Kier molecular flexibility index (Phi) is 10.7. The minimum atomic E-state index is 0.779. The van der Waals surface area contributed by atoms with Crippen LogP contribution in [-0.2, 0) is 11.2 Å². The van der Waals surface area contributed by atoms with Crippen molar-refractivity contribution in [3.8, 4) is 0 Å². The molecule has 0 aliphatic carbocycles. The fraction of sp³-hybridized carbons (Fsp3) is 0.562. The lowest BCUT2D eigenvalue weighted by Crippen LogP contribution is -2.39. The normalized spacial score (nSPS) is 11.4. The van der Waals surface area contributed by atoms with Gasteiger partial charge < -0.3 is 15.4 Å². The number of hydrogen-bond donors (Lipinski definition) is 2. The summed E-state index contributed by atoms with van der Waals surface area (Å²) < 4.78 is 5.65. The van der Waals surface area contributed by atoms with Crippen LogP contribution >= 0.6 is 11.8 Å². The molecule has 1 aromatic carbocycles. The van der Waals surface area contributed by atoms with Crippen molar-refractivity contribution in [2.75, 3.05) is 45.4 Å². The first-order chi connectivity index (χ1) is 10.4. The molecule has 0 bridgehead atoms. The van der Waals surface area contributed by atoms with E-state index in [4.69, 9.17) is 4.74 Å². The van der Waals surface area contributed by atoms with Gasteiger partial charge >= 0.3 is 0 Å². The zero-order valence-corrected chi connectivity index (χ0v) is 13.9. The lowest BCUT2D eigenvalue weighted by molar-refractivity contribution is 0.135. The van der Waals surface area contributed by atoms with Crippen molar-refractivity contribution < 1.29 is 4.74 Å². The molecule has 0 aliphatic heterocycles. The van der Waals surface area contributed by atoms with Crippen molar-refractivity contribution in [3.05, 3.63) is 35.9 Å². The molecule has 0 aliphatic rings. The van der Waals surface area contributed by atoms with Crippen molar-refractivity contribution in [1.29, 1.82) is 0 Å². The van der Waals surface area contributed by atoms with Crippen LogP contribution in [-0.4, -0.2) is 51.3 Å². The third kappa shape index (κ3) is 9.37. The van der Waals surface area contributed by atoms with E-state index < -0.39 is 0 Å². The summed E-state index contributed by atoms with van der Waals surface area (Å²) in [5.41, 5.74) is 1.33. The zero-order valence-electron chi connectivity index (χ0n) is 13.1. The second kappa shape index (κ2) is 12.5. The second-order valence-electron chi connectivity index (χ2n) is 4.62. The van der Waals surface area contributed by atoms with Gasteiger partial charge in [-0.25, -0.2) is 0 Å². The Bertz CT molecular complexity index is 384. The first-order valence-electron chi connectivity index (χ1n) is 7.42. The Labute approximate surface area is 132 Å². The average Bonchev–Trinajstić information content (AvgIpc) is 2.53. The quantitative estimate of drug-likeness (QED) is 0.395. The molecule has 118 valence electrons. The van der Waals surface area contributed by atoms with Crippen molar-refractivity contribution in [1.82, 2.24) is 10.6 Å². The Balaban J connectivity index is 1.96. The highest BCUT2D eigenvalue weighted by Gasteiger charge is 1.96. The van der Waals surface area contributed by atoms with Crippen molar-refractivity contribution in [2.45, 2.75) is 12.8 Å². The van der Waals surface area contributed by atoms with Crippen LogP contribution in [0.2, 0.25) is 0 Å². The first-order valence-corrected chi connectivity index (χ1v) is 8.81. The van der Waals surface area contributed by atoms with Gasteiger partial charge in [0.2, 0.25) is 0 Å². The number of thioether (sulfide) groups is 1. The monoisotopic (exact) mass is 309 g/mol. The molecule has 5 heteroatoms. The highest BCUT2D eigenvalue weighted by molar-refractivity contribution is 7.98. The van der Waals surface area contributed by atoms with E-state index in [1.54, 1.807) is 7.05 Å². The summed E-state index contributed by atoms with van der Waals surface area (Å²) in [5, 5.41) is 6.56. The Morgan fingerprint density at radius 1 is 1.14 bits per heavy atom. The van der Waals surface area contributed by atoms with E-state index in [-0.39, 0.29) is 0 Å². The third-order valence-corrected chi connectivity index (χ3v) is 3.57. The summed E-state index contributed by atoms with van der Waals surface area (Å²) in [6.45, 7) is 3.38. The molecule has 0 fully saturated rings. The number of hydrogen-bond acceptors (Lipinski definition) is 3. The van der Waals surface area contributed by atoms with Crippen LogP contribution in [0.25, 0.3) is 0 Å². The van der Waals surface area contributed by atoms with Crippen molar-refractivity contribution in [2.24, 2.45) is 4.99 Å². The molecule has 0 saturated carbocycles. The number of rotatable bonds is 10. The van der Waals surface area contributed by atoms with Gasteiger partial charge in [-0.3, -0.25) is 4.99 Å². The fourth-order valence-corrected chi connectivity index (χ4v) is 2.12. The number of nitrogens with one attached hydrogen (secondary N) is 2. The van der Waals surface area contributed by atoms with Crippen LogP contribution in [0, 0.1) is 0 Å². The highest BCUT2D eigenvalue weighted by Crippen LogP contribution is 1.99. The van der Waals surface area contributed by atoms with E-state index in [1.165, 1.54) is 5.56 Å². The van der Waals surface area contributed by atoms with Crippen molar-refractivity contribution >= 4 is 17.7 Å². The molecule has 1 rings (SSSR count). The van der Waals surface area contributed by atoms with E-state index in [1.807, 2.05) is 17.8 Å². The number of aliphatic imine (C=N–C) groups is 1. The summed E-state index contributed by atoms with van der Waals surface area (Å²) in [7, 11) is 1.80. The maximum Gasteiger partial charge on any atom is 0.191 e. The van der Waals surface area contributed by atoms with Gasteiger partial charge in [-0.1, -0.05) is 30.3 Å². The molecule has 0 amide bonds. The van der Waals surface area contributed by atoms with Crippen molar-refractivity contribution in [3.63, 3.8) is 0 Å². The molecule has 1 aromatic rings. The molecular formula is C16H27N3OS. The number of guanidine groups is 1. The van der Waals surface area contributed by atoms with Gasteiger partial charge in [0.1, 0.15) is 0 Å². The van der Waals surface area contributed by atoms with Gasteiger partial charge in [-0.15, -0.1) is 0 Å². The molecule has 0 saturated heterocycles. The van der Waals surface area contributed by atoms with E-state index in [9.17, 15) is 0 Å². The zero-order chi connectivity index (χ0) is 15.2. The third-order valence-electron chi connectivity index (χ3n) is 2.96. The van der Waals surface area contributed by atoms with Crippen LogP contribution in [0.1, 0.15) is 12.0 Å². The SMILES string of the molecule is CN=C(NCCCOCCc1ccccc1)NCCSC. The number of ether oxygens (including phenoxy) is 1. The van der Waals surface area contributed by atoms with Gasteiger partial charge in [-0.05, 0) is 24.7 Å². The minimum absolute atomic E-state index is 0.779. The van der Waals surface area contributed by atoms with Gasteiger partial charge in [-0.2, -0.15) is 11.8 Å². The van der Waals surface area contributed by atoms with Gasteiger partial charge in [0.25, 0.3) is 0 Å². The molecule has 21 heavy (non-hydrogen) atoms. The predicted octanol–water partition coefficient (Wildman–Crippen LogP) is 2.16.